The summed E-state index contributed by atoms with van der Waals surface area (Å²) in [6.07, 6.45) is 0.836. The Morgan fingerprint density at radius 1 is 1.06 bits per heavy atom. The molecule has 31 heavy (non-hydrogen) atoms. The quantitative estimate of drug-likeness (QED) is 0.636. The molecule has 1 aromatic carbocycles. The number of Topliss-reactive ketones (excluding diaryl/α,β-unsaturated/α-hetero) is 1. The number of ketones is 1. The predicted molar refractivity (Wildman–Crippen MR) is 119 cm³/mol. The molecule has 0 atom stereocenters. The van der Waals surface area contributed by atoms with Gasteiger partial charge in [-0.2, -0.15) is 5.10 Å². The third-order valence-electron chi connectivity index (χ3n) is 5.68. The second kappa shape index (κ2) is 7.35. The number of benzene rings is 1. The minimum absolute atomic E-state index is 0.0564. The Morgan fingerprint density at radius 3 is 2.65 bits per heavy atom. The van der Waals surface area contributed by atoms with Gasteiger partial charge in [-0.3, -0.25) is 14.4 Å². The van der Waals surface area contributed by atoms with E-state index in [1.807, 2.05) is 29.9 Å². The molecule has 158 valence electrons. The molecule has 9 heteroatoms. The van der Waals surface area contributed by atoms with Crippen LogP contribution in [0.5, 0.6) is 0 Å². The Hall–Kier alpha value is -3.46. The molecule has 8 nitrogen and oxygen atoms in total. The van der Waals surface area contributed by atoms with E-state index >= 15 is 0 Å². The highest BCUT2D eigenvalue weighted by Crippen LogP contribution is 2.34. The molecule has 0 unspecified atom stereocenters. The third kappa shape index (κ3) is 3.40. The number of fused-ring (bicyclic) bond motifs is 2. The fraction of sp³-hybridized carbons (Fsp3) is 0.273. The van der Waals surface area contributed by atoms with Crippen molar-refractivity contribution in [3.05, 3.63) is 57.3 Å². The van der Waals surface area contributed by atoms with E-state index in [0.717, 1.165) is 42.1 Å². The zero-order valence-corrected chi connectivity index (χ0v) is 18.0. The van der Waals surface area contributed by atoms with Crippen molar-refractivity contribution in [2.75, 3.05) is 30.4 Å². The number of amides is 2. The van der Waals surface area contributed by atoms with Crippen LogP contribution in [0.15, 0.2) is 36.4 Å². The summed E-state index contributed by atoms with van der Waals surface area (Å²) in [5.74, 6) is 1.09. The van der Waals surface area contributed by atoms with E-state index in [-0.39, 0.29) is 17.6 Å². The summed E-state index contributed by atoms with van der Waals surface area (Å²) in [6.45, 7) is 3.68. The van der Waals surface area contributed by atoms with E-state index in [0.29, 0.717) is 22.1 Å². The van der Waals surface area contributed by atoms with Crippen LogP contribution in [0.3, 0.4) is 0 Å². The van der Waals surface area contributed by atoms with Crippen molar-refractivity contribution < 1.29 is 14.4 Å². The SMILES string of the molecule is CC(=O)c1ccc(C(=O)Nc2cc3n(n2)CCN3c2ccc3c(c2)CCN(C)C3=O)s1. The van der Waals surface area contributed by atoms with Gasteiger partial charge in [-0.05, 0) is 49.2 Å². The van der Waals surface area contributed by atoms with Crippen LogP contribution in [0.2, 0.25) is 0 Å². The van der Waals surface area contributed by atoms with Crippen molar-refractivity contribution in [1.82, 2.24) is 14.7 Å². The summed E-state index contributed by atoms with van der Waals surface area (Å²) in [5.41, 5.74) is 2.84. The maximum atomic E-state index is 12.5. The molecule has 0 saturated heterocycles. The Labute approximate surface area is 183 Å². The van der Waals surface area contributed by atoms with Gasteiger partial charge in [0.15, 0.2) is 11.6 Å². The zero-order chi connectivity index (χ0) is 21.7. The van der Waals surface area contributed by atoms with E-state index in [1.54, 1.807) is 17.0 Å². The normalized spacial score (nSPS) is 15.1. The molecule has 0 radical (unpaired) electrons. The molecule has 2 aliphatic rings. The van der Waals surface area contributed by atoms with Gasteiger partial charge >= 0.3 is 0 Å². The first-order valence-electron chi connectivity index (χ1n) is 10.1. The molecule has 5 rings (SSSR count). The molecule has 2 amide bonds. The number of anilines is 3. The van der Waals surface area contributed by atoms with Crippen LogP contribution in [0.1, 0.15) is 42.2 Å². The lowest BCUT2D eigenvalue weighted by molar-refractivity contribution is 0.0780. The van der Waals surface area contributed by atoms with Gasteiger partial charge in [0.05, 0.1) is 16.3 Å². The molecule has 0 bridgehead atoms. The average molecular weight is 436 g/mol. The minimum atomic E-state index is -0.280. The fourth-order valence-corrected chi connectivity index (χ4v) is 4.80. The van der Waals surface area contributed by atoms with E-state index in [2.05, 4.69) is 21.4 Å². The van der Waals surface area contributed by atoms with Gasteiger partial charge in [0.25, 0.3) is 11.8 Å². The lowest BCUT2D eigenvalue weighted by atomic mass is 9.98. The summed E-state index contributed by atoms with van der Waals surface area (Å²) in [7, 11) is 1.82. The second-order valence-electron chi connectivity index (χ2n) is 7.75. The maximum Gasteiger partial charge on any atom is 0.266 e. The zero-order valence-electron chi connectivity index (χ0n) is 17.2. The monoisotopic (exact) mass is 435 g/mol. The first-order valence-corrected chi connectivity index (χ1v) is 10.9. The smallest absolute Gasteiger partial charge is 0.266 e. The van der Waals surface area contributed by atoms with Crippen molar-refractivity contribution >= 4 is 46.3 Å². The van der Waals surface area contributed by atoms with Gasteiger partial charge in [0.1, 0.15) is 5.82 Å². The van der Waals surface area contributed by atoms with E-state index in [4.69, 9.17) is 0 Å². The minimum Gasteiger partial charge on any atom is -0.341 e. The first-order chi connectivity index (χ1) is 14.9. The van der Waals surface area contributed by atoms with E-state index in [9.17, 15) is 14.4 Å². The molecular formula is C22H21N5O3S. The van der Waals surface area contributed by atoms with Gasteiger partial charge in [0.2, 0.25) is 0 Å². The average Bonchev–Trinajstić information content (AvgIpc) is 3.46. The van der Waals surface area contributed by atoms with Crippen LogP contribution >= 0.6 is 11.3 Å². The highest BCUT2D eigenvalue weighted by Gasteiger charge is 2.27. The number of nitrogens with one attached hydrogen (secondary N) is 1. The van der Waals surface area contributed by atoms with Gasteiger partial charge in [0, 0.05) is 37.5 Å². The van der Waals surface area contributed by atoms with Crippen LogP contribution in [-0.2, 0) is 13.0 Å². The molecule has 2 aliphatic heterocycles. The number of nitrogens with zero attached hydrogens (tertiary/aromatic N) is 4. The molecule has 0 aliphatic carbocycles. The highest BCUT2D eigenvalue weighted by atomic mass is 32.1. The Bertz CT molecular complexity index is 1230. The second-order valence-corrected chi connectivity index (χ2v) is 8.84. The molecular weight excluding hydrogens is 414 g/mol. The topological polar surface area (TPSA) is 87.5 Å². The molecule has 4 heterocycles. The summed E-state index contributed by atoms with van der Waals surface area (Å²) >= 11 is 1.17. The molecule has 1 N–H and O–H groups in total. The van der Waals surface area contributed by atoms with E-state index < -0.39 is 0 Å². The standard InChI is InChI=1S/C22H21N5O3S/c1-13(28)17-5-6-18(31-17)21(29)23-19-12-20-26(9-10-27(20)24-19)15-3-4-16-14(11-15)7-8-25(2)22(16)30/h3-6,11-12H,7-10H2,1-2H3,(H,23,24,29). The van der Waals surface area contributed by atoms with Crippen molar-refractivity contribution in [1.29, 1.82) is 0 Å². The summed E-state index contributed by atoms with van der Waals surface area (Å²) in [5, 5.41) is 7.33. The fourth-order valence-electron chi connectivity index (χ4n) is 4.01. The maximum absolute atomic E-state index is 12.5. The summed E-state index contributed by atoms with van der Waals surface area (Å²) in [4.78, 5) is 41.3. The van der Waals surface area contributed by atoms with Crippen LogP contribution < -0.4 is 10.2 Å². The molecule has 0 fully saturated rings. The molecule has 3 aromatic rings. The van der Waals surface area contributed by atoms with Crippen LogP contribution in [0, 0.1) is 0 Å². The van der Waals surface area contributed by atoms with Crippen LogP contribution in [0.4, 0.5) is 17.3 Å². The van der Waals surface area contributed by atoms with Crippen LogP contribution in [0.25, 0.3) is 0 Å². The number of likely N-dealkylation sites (N-methyl/N-ethyl adjacent to an activating group) is 1. The lowest BCUT2D eigenvalue weighted by Gasteiger charge is -2.26. The number of thiophene rings is 1. The van der Waals surface area contributed by atoms with Crippen molar-refractivity contribution in [3.8, 4) is 0 Å². The van der Waals surface area contributed by atoms with Gasteiger partial charge in [-0.25, -0.2) is 4.68 Å². The number of carbonyl (C=O) groups excluding carboxylic acids is 3. The molecule has 0 saturated carbocycles. The number of rotatable bonds is 4. The largest absolute Gasteiger partial charge is 0.341 e. The molecule has 2 aromatic heterocycles. The molecule has 0 spiro atoms. The van der Waals surface area contributed by atoms with Gasteiger partial charge < -0.3 is 15.1 Å². The summed E-state index contributed by atoms with van der Waals surface area (Å²) < 4.78 is 1.86. The summed E-state index contributed by atoms with van der Waals surface area (Å²) in [6, 6.07) is 11.1. The Kier molecular flexibility index (Phi) is 4.62. The van der Waals surface area contributed by atoms with Crippen molar-refractivity contribution in [2.45, 2.75) is 19.9 Å². The third-order valence-corrected chi connectivity index (χ3v) is 6.87. The van der Waals surface area contributed by atoms with Crippen LogP contribution in [-0.4, -0.2) is 52.4 Å². The first kappa shape index (κ1) is 19.5. The van der Waals surface area contributed by atoms with Gasteiger partial charge in [-0.1, -0.05) is 0 Å². The van der Waals surface area contributed by atoms with E-state index in [1.165, 1.54) is 18.3 Å². The lowest BCUT2D eigenvalue weighted by Crippen LogP contribution is -2.34. The van der Waals surface area contributed by atoms with Crippen molar-refractivity contribution in [2.24, 2.45) is 0 Å². The van der Waals surface area contributed by atoms with Crippen molar-refractivity contribution in [3.63, 3.8) is 0 Å². The number of hydrogen-bond acceptors (Lipinski definition) is 6. The highest BCUT2D eigenvalue weighted by molar-refractivity contribution is 7.16. The number of hydrogen-bond donors (Lipinski definition) is 1. The Morgan fingerprint density at radius 2 is 1.87 bits per heavy atom. The van der Waals surface area contributed by atoms with Gasteiger partial charge in [-0.15, -0.1) is 11.3 Å². The number of aromatic nitrogens is 2. The number of carbonyl (C=O) groups is 3. The Balaban J connectivity index is 1.36. The predicted octanol–water partition coefficient (Wildman–Crippen LogP) is 3.18.